The van der Waals surface area contributed by atoms with Gasteiger partial charge in [-0.05, 0) is 46.6 Å². The first-order chi connectivity index (χ1) is 10.1. The number of hydrogen-bond acceptors (Lipinski definition) is 4. The molecule has 0 amide bonds. The molecule has 0 fully saturated rings. The average molecular weight is 367 g/mol. The lowest BCUT2D eigenvalue weighted by molar-refractivity contribution is -0.384. The third-order valence-electron chi connectivity index (χ3n) is 2.86. The maximum atomic E-state index is 11.0. The number of anilines is 1. The molecule has 110 valence electrons. The van der Waals surface area contributed by atoms with Gasteiger partial charge in [0, 0.05) is 27.7 Å². The predicted molar refractivity (Wildman–Crippen MR) is 91.0 cm³/mol. The molecule has 0 heterocycles. The number of nitrogens with zero attached hydrogens (tertiary/aromatic N) is 1. The molecule has 0 saturated carbocycles. The van der Waals surface area contributed by atoms with E-state index in [2.05, 4.69) is 21.2 Å². The van der Waals surface area contributed by atoms with Crippen molar-refractivity contribution in [2.24, 2.45) is 0 Å². The summed E-state index contributed by atoms with van der Waals surface area (Å²) in [4.78, 5) is 11.8. The van der Waals surface area contributed by atoms with Crippen LogP contribution in [0.3, 0.4) is 0 Å². The Kier molecular flexibility index (Phi) is 5.64. The Balaban J connectivity index is 2.15. The second-order valence-electron chi connectivity index (χ2n) is 4.36. The highest BCUT2D eigenvalue weighted by atomic mass is 79.9. The molecule has 0 saturated heterocycles. The van der Waals surface area contributed by atoms with Gasteiger partial charge < -0.3 is 5.32 Å². The number of benzene rings is 2. The Hall–Kier alpha value is -1.53. The molecular formula is C15H15BrN2O2S. The van der Waals surface area contributed by atoms with E-state index in [-0.39, 0.29) is 10.6 Å². The van der Waals surface area contributed by atoms with Gasteiger partial charge in [0.15, 0.2) is 0 Å². The molecule has 2 rings (SSSR count). The van der Waals surface area contributed by atoms with Gasteiger partial charge in [-0.3, -0.25) is 10.1 Å². The Labute approximate surface area is 136 Å². The van der Waals surface area contributed by atoms with Crippen LogP contribution in [0.25, 0.3) is 0 Å². The van der Waals surface area contributed by atoms with Crippen LogP contribution in [-0.4, -0.2) is 11.5 Å². The normalized spacial score (nSPS) is 10.4. The first-order valence-corrected chi connectivity index (χ1v) is 8.28. The largest absolute Gasteiger partial charge is 0.380 e. The van der Waals surface area contributed by atoms with Gasteiger partial charge in [0.25, 0.3) is 5.69 Å². The van der Waals surface area contributed by atoms with Crippen molar-refractivity contribution in [3.63, 3.8) is 0 Å². The van der Waals surface area contributed by atoms with E-state index in [1.807, 2.05) is 43.3 Å². The van der Waals surface area contributed by atoms with Crippen molar-refractivity contribution >= 4 is 39.1 Å². The van der Waals surface area contributed by atoms with Crippen LogP contribution in [0.4, 0.5) is 11.4 Å². The number of nitro groups is 1. The van der Waals surface area contributed by atoms with Gasteiger partial charge in [-0.1, -0.05) is 18.2 Å². The summed E-state index contributed by atoms with van der Waals surface area (Å²) in [5.74, 6) is 0.763. The third kappa shape index (κ3) is 4.22. The van der Waals surface area contributed by atoms with Crippen molar-refractivity contribution in [2.75, 3.05) is 11.9 Å². The van der Waals surface area contributed by atoms with E-state index in [0.29, 0.717) is 12.2 Å². The molecule has 4 nitrogen and oxygen atoms in total. The van der Waals surface area contributed by atoms with Gasteiger partial charge in [0.2, 0.25) is 0 Å². The smallest absolute Gasteiger partial charge is 0.292 e. The fourth-order valence-corrected chi connectivity index (χ4v) is 3.40. The Morgan fingerprint density at radius 3 is 2.71 bits per heavy atom. The molecule has 0 radical (unpaired) electrons. The molecule has 6 heteroatoms. The van der Waals surface area contributed by atoms with E-state index >= 15 is 0 Å². The van der Waals surface area contributed by atoms with Gasteiger partial charge in [0.1, 0.15) is 5.69 Å². The summed E-state index contributed by atoms with van der Waals surface area (Å²) in [6, 6.07) is 13.2. The topological polar surface area (TPSA) is 55.2 Å². The molecule has 0 aliphatic rings. The zero-order valence-electron chi connectivity index (χ0n) is 11.5. The van der Waals surface area contributed by atoms with Crippen molar-refractivity contribution in [1.29, 1.82) is 0 Å². The zero-order valence-corrected chi connectivity index (χ0v) is 13.9. The van der Waals surface area contributed by atoms with Gasteiger partial charge in [-0.25, -0.2) is 0 Å². The third-order valence-corrected chi connectivity index (χ3v) is 4.95. The molecule has 0 aliphatic heterocycles. The van der Waals surface area contributed by atoms with E-state index < -0.39 is 0 Å². The number of nitro benzene ring substituents is 1. The zero-order chi connectivity index (χ0) is 15.2. The van der Waals surface area contributed by atoms with Crippen LogP contribution in [-0.2, 0) is 5.75 Å². The number of thioether (sulfide) groups is 1. The number of nitrogens with one attached hydrogen (secondary N) is 1. The molecule has 0 bridgehead atoms. The Bertz CT molecular complexity index is 649. The highest BCUT2D eigenvalue weighted by molar-refractivity contribution is 9.10. The summed E-state index contributed by atoms with van der Waals surface area (Å²) in [6.45, 7) is 2.58. The van der Waals surface area contributed by atoms with Crippen molar-refractivity contribution in [3.05, 3.63) is 62.6 Å². The maximum absolute atomic E-state index is 11.0. The average Bonchev–Trinajstić information content (AvgIpc) is 2.46. The van der Waals surface area contributed by atoms with Gasteiger partial charge >= 0.3 is 0 Å². The summed E-state index contributed by atoms with van der Waals surface area (Å²) in [7, 11) is 0. The summed E-state index contributed by atoms with van der Waals surface area (Å²) >= 11 is 5.21. The minimum Gasteiger partial charge on any atom is -0.380 e. The molecule has 1 N–H and O–H groups in total. The SMILES string of the molecule is CCNc1cc(CSc2ccccc2Br)ccc1[N+](=O)[O-]. The second kappa shape index (κ2) is 7.47. The Morgan fingerprint density at radius 2 is 2.05 bits per heavy atom. The van der Waals surface area contributed by atoms with E-state index in [1.165, 1.54) is 0 Å². The minimum atomic E-state index is -0.358. The van der Waals surface area contributed by atoms with Gasteiger partial charge in [0.05, 0.1) is 4.92 Å². The van der Waals surface area contributed by atoms with E-state index in [9.17, 15) is 10.1 Å². The fraction of sp³-hybridized carbons (Fsp3) is 0.200. The van der Waals surface area contributed by atoms with Crippen LogP contribution in [0.2, 0.25) is 0 Å². The van der Waals surface area contributed by atoms with E-state index in [4.69, 9.17) is 0 Å². The lowest BCUT2D eigenvalue weighted by Gasteiger charge is -2.08. The molecule has 2 aromatic rings. The van der Waals surface area contributed by atoms with Crippen LogP contribution >= 0.6 is 27.7 Å². The van der Waals surface area contributed by atoms with Crippen molar-refractivity contribution in [3.8, 4) is 0 Å². The number of halogens is 1. The van der Waals surface area contributed by atoms with Gasteiger partial charge in [-0.15, -0.1) is 11.8 Å². The standard InChI is InChI=1S/C15H15BrN2O2S/c1-2-17-13-9-11(7-8-14(13)18(19)20)10-21-15-6-4-3-5-12(15)16/h3-9,17H,2,10H2,1H3. The monoisotopic (exact) mass is 366 g/mol. The molecule has 0 aromatic heterocycles. The first kappa shape index (κ1) is 15.9. The van der Waals surface area contributed by atoms with Crippen LogP contribution in [0.1, 0.15) is 12.5 Å². The predicted octanol–water partition coefficient (Wildman–Crippen LogP) is 5.08. The highest BCUT2D eigenvalue weighted by Gasteiger charge is 2.13. The molecule has 21 heavy (non-hydrogen) atoms. The van der Waals surface area contributed by atoms with Crippen LogP contribution in [0, 0.1) is 10.1 Å². The summed E-state index contributed by atoms with van der Waals surface area (Å²) in [5, 5.41) is 14.0. The summed E-state index contributed by atoms with van der Waals surface area (Å²) < 4.78 is 1.06. The summed E-state index contributed by atoms with van der Waals surface area (Å²) in [6.07, 6.45) is 0. The first-order valence-electron chi connectivity index (χ1n) is 6.50. The molecule has 2 aromatic carbocycles. The number of hydrogen-bond donors (Lipinski definition) is 1. The fourth-order valence-electron chi connectivity index (χ4n) is 1.89. The van der Waals surface area contributed by atoms with Crippen LogP contribution in [0.15, 0.2) is 51.8 Å². The molecule has 0 spiro atoms. The Morgan fingerprint density at radius 1 is 1.29 bits per heavy atom. The van der Waals surface area contributed by atoms with Gasteiger partial charge in [-0.2, -0.15) is 0 Å². The second-order valence-corrected chi connectivity index (χ2v) is 6.23. The van der Waals surface area contributed by atoms with Crippen molar-refractivity contribution < 1.29 is 4.92 Å². The van der Waals surface area contributed by atoms with Crippen molar-refractivity contribution in [1.82, 2.24) is 0 Å². The van der Waals surface area contributed by atoms with Crippen molar-refractivity contribution in [2.45, 2.75) is 17.6 Å². The molecule has 0 atom stereocenters. The lowest BCUT2D eigenvalue weighted by atomic mass is 10.2. The highest BCUT2D eigenvalue weighted by Crippen LogP contribution is 2.32. The van der Waals surface area contributed by atoms with E-state index in [1.54, 1.807) is 17.8 Å². The molecule has 0 aliphatic carbocycles. The minimum absolute atomic E-state index is 0.117. The lowest BCUT2D eigenvalue weighted by Crippen LogP contribution is -2.01. The molecular weight excluding hydrogens is 352 g/mol. The quantitative estimate of drug-likeness (QED) is 0.439. The maximum Gasteiger partial charge on any atom is 0.292 e. The van der Waals surface area contributed by atoms with E-state index in [0.717, 1.165) is 20.7 Å². The van der Waals surface area contributed by atoms with Crippen LogP contribution < -0.4 is 5.32 Å². The molecule has 0 unspecified atom stereocenters. The summed E-state index contributed by atoms with van der Waals surface area (Å²) in [5.41, 5.74) is 1.75. The van der Waals surface area contributed by atoms with Crippen LogP contribution in [0.5, 0.6) is 0 Å². The number of rotatable bonds is 6.